The van der Waals surface area contributed by atoms with Gasteiger partial charge in [-0.25, -0.2) is 0 Å². The van der Waals surface area contributed by atoms with Crippen LogP contribution < -0.4 is 0 Å². The fraction of sp³-hybridized carbons (Fsp3) is 0.375. The number of piperidine rings is 1. The first kappa shape index (κ1) is 18.9. The van der Waals surface area contributed by atoms with Crippen LogP contribution in [0.15, 0.2) is 54.7 Å². The van der Waals surface area contributed by atoms with Crippen molar-refractivity contribution in [2.24, 2.45) is 5.92 Å². The molecule has 1 aliphatic heterocycles. The number of hydrogen-bond donors (Lipinski definition) is 1. The van der Waals surface area contributed by atoms with Crippen LogP contribution in [0.2, 0.25) is 0 Å². The molecule has 2 aromatic carbocycles. The molecule has 2 heterocycles. The van der Waals surface area contributed by atoms with Crippen LogP contribution in [0.25, 0.3) is 10.9 Å². The fourth-order valence-corrected chi connectivity index (χ4v) is 3.92. The third kappa shape index (κ3) is 4.34. The van der Waals surface area contributed by atoms with Gasteiger partial charge in [0.15, 0.2) is 0 Å². The molecule has 0 radical (unpaired) electrons. The number of rotatable bonds is 6. The van der Waals surface area contributed by atoms with Gasteiger partial charge in [-0.15, -0.1) is 0 Å². The summed E-state index contributed by atoms with van der Waals surface area (Å²) in [4.78, 5) is 6.88. The monoisotopic (exact) mass is 376 g/mol. The molecule has 0 unspecified atom stereocenters. The molecule has 1 saturated heterocycles. The van der Waals surface area contributed by atoms with Crippen LogP contribution >= 0.6 is 0 Å². The molecule has 4 rings (SSSR count). The highest BCUT2D eigenvalue weighted by Gasteiger charge is 2.19. The first-order chi connectivity index (χ1) is 13.7. The molecule has 1 N–H and O–H groups in total. The van der Waals surface area contributed by atoms with Crippen molar-refractivity contribution in [1.29, 1.82) is 0 Å². The minimum atomic E-state index is 0.307. The molecule has 0 aliphatic carbocycles. The van der Waals surface area contributed by atoms with E-state index < -0.39 is 0 Å². The Bertz CT molecular complexity index is 919. The van der Waals surface area contributed by atoms with E-state index in [0.717, 1.165) is 47.6 Å². The Hall–Kier alpha value is -2.43. The van der Waals surface area contributed by atoms with E-state index in [1.807, 2.05) is 30.3 Å². The summed E-state index contributed by atoms with van der Waals surface area (Å²) >= 11 is 0. The Kier molecular flexibility index (Phi) is 5.89. The third-order valence-electron chi connectivity index (χ3n) is 5.67. The highest BCUT2D eigenvalue weighted by molar-refractivity contribution is 5.88. The van der Waals surface area contributed by atoms with Gasteiger partial charge in [-0.1, -0.05) is 43.3 Å². The first-order valence-corrected chi connectivity index (χ1v) is 10.1. The number of nitrogens with zero attached hydrogens (tertiary/aromatic N) is 2. The second kappa shape index (κ2) is 8.72. The molecule has 28 heavy (non-hydrogen) atoms. The molecule has 4 heteroatoms. The maximum atomic E-state index is 10.8. The van der Waals surface area contributed by atoms with Crippen molar-refractivity contribution in [2.75, 3.05) is 13.1 Å². The number of pyridine rings is 1. The Morgan fingerprint density at radius 1 is 1.04 bits per heavy atom. The minimum Gasteiger partial charge on any atom is -0.505 e. The van der Waals surface area contributed by atoms with Crippen LogP contribution in [0, 0.1) is 5.92 Å². The summed E-state index contributed by atoms with van der Waals surface area (Å²) in [5.74, 6) is 1.10. The molecule has 0 spiro atoms. The Balaban J connectivity index is 1.55. The Morgan fingerprint density at radius 2 is 1.82 bits per heavy atom. The number of phenols is 1. The van der Waals surface area contributed by atoms with Crippen LogP contribution in [0.3, 0.4) is 0 Å². The van der Waals surface area contributed by atoms with Crippen LogP contribution in [0.4, 0.5) is 0 Å². The van der Waals surface area contributed by atoms with Gasteiger partial charge in [0.25, 0.3) is 0 Å². The molecule has 0 amide bonds. The van der Waals surface area contributed by atoms with Gasteiger partial charge in [0.05, 0.1) is 13.2 Å². The number of fused-ring (bicyclic) bond motifs is 1. The summed E-state index contributed by atoms with van der Waals surface area (Å²) in [6.45, 7) is 6.32. The van der Waals surface area contributed by atoms with Crippen molar-refractivity contribution < 1.29 is 9.84 Å². The van der Waals surface area contributed by atoms with Gasteiger partial charge in [0, 0.05) is 23.7 Å². The standard InChI is InChI=1S/C24H28N2O2/c1-18-9-12-26(13-10-18)15-20-14-21(17-28-16-19-6-3-2-4-7-19)22-8-5-11-25-23(22)24(20)27/h2-8,11,14,18,27H,9-10,12-13,15-17H2,1H3. The summed E-state index contributed by atoms with van der Waals surface area (Å²) in [5, 5.41) is 11.8. The largest absolute Gasteiger partial charge is 0.505 e. The van der Waals surface area contributed by atoms with Gasteiger partial charge in [-0.05, 0) is 55.1 Å². The van der Waals surface area contributed by atoms with E-state index in [4.69, 9.17) is 4.74 Å². The normalized spacial score (nSPS) is 15.9. The third-order valence-corrected chi connectivity index (χ3v) is 5.67. The lowest BCUT2D eigenvalue weighted by molar-refractivity contribution is 0.108. The predicted octanol–water partition coefficient (Wildman–Crippen LogP) is 4.89. The number of aromatic nitrogens is 1. The second-order valence-corrected chi connectivity index (χ2v) is 7.88. The van der Waals surface area contributed by atoms with Crippen LogP contribution in [0.5, 0.6) is 5.75 Å². The van der Waals surface area contributed by atoms with E-state index in [1.54, 1.807) is 6.20 Å². The van der Waals surface area contributed by atoms with Crippen LogP contribution in [0.1, 0.15) is 36.5 Å². The van der Waals surface area contributed by atoms with Crippen molar-refractivity contribution in [3.63, 3.8) is 0 Å². The maximum absolute atomic E-state index is 10.8. The summed E-state index contributed by atoms with van der Waals surface area (Å²) in [6.07, 6.45) is 4.18. The molecule has 0 bridgehead atoms. The molecule has 0 atom stereocenters. The molecule has 0 saturated carbocycles. The minimum absolute atomic E-state index is 0.307. The Morgan fingerprint density at radius 3 is 2.61 bits per heavy atom. The lowest BCUT2D eigenvalue weighted by Gasteiger charge is -2.30. The van der Waals surface area contributed by atoms with Crippen molar-refractivity contribution in [1.82, 2.24) is 9.88 Å². The molecular formula is C24H28N2O2. The van der Waals surface area contributed by atoms with Crippen molar-refractivity contribution in [2.45, 2.75) is 39.5 Å². The zero-order valence-electron chi connectivity index (χ0n) is 16.5. The average Bonchev–Trinajstić information content (AvgIpc) is 2.73. The van der Waals surface area contributed by atoms with Crippen molar-refractivity contribution in [3.8, 4) is 5.75 Å². The number of hydrogen-bond acceptors (Lipinski definition) is 4. The van der Waals surface area contributed by atoms with E-state index in [9.17, 15) is 5.11 Å². The van der Waals surface area contributed by atoms with Gasteiger partial charge < -0.3 is 9.84 Å². The van der Waals surface area contributed by atoms with Crippen LogP contribution in [-0.4, -0.2) is 28.1 Å². The van der Waals surface area contributed by atoms with Crippen molar-refractivity contribution >= 4 is 10.9 Å². The SMILES string of the molecule is CC1CCN(Cc2cc(COCc3ccccc3)c3cccnc3c2O)CC1. The molecule has 146 valence electrons. The van der Waals surface area contributed by atoms with E-state index in [1.165, 1.54) is 12.8 Å². The molecule has 4 nitrogen and oxygen atoms in total. The quantitative estimate of drug-likeness (QED) is 0.665. The van der Waals surface area contributed by atoms with Gasteiger partial charge in [-0.3, -0.25) is 9.88 Å². The highest BCUT2D eigenvalue weighted by atomic mass is 16.5. The zero-order chi connectivity index (χ0) is 19.3. The number of aromatic hydroxyl groups is 1. The molecule has 1 aliphatic rings. The average molecular weight is 377 g/mol. The van der Waals surface area contributed by atoms with E-state index >= 15 is 0 Å². The lowest BCUT2D eigenvalue weighted by atomic mass is 9.98. The summed E-state index contributed by atoms with van der Waals surface area (Å²) in [6, 6.07) is 16.2. The summed E-state index contributed by atoms with van der Waals surface area (Å²) in [5.41, 5.74) is 3.85. The molecule has 1 aromatic heterocycles. The van der Waals surface area contributed by atoms with Gasteiger partial charge in [0.1, 0.15) is 11.3 Å². The molecular weight excluding hydrogens is 348 g/mol. The summed E-state index contributed by atoms with van der Waals surface area (Å²) in [7, 11) is 0. The van der Waals surface area contributed by atoms with E-state index in [-0.39, 0.29) is 0 Å². The summed E-state index contributed by atoms with van der Waals surface area (Å²) < 4.78 is 5.99. The van der Waals surface area contributed by atoms with Crippen molar-refractivity contribution in [3.05, 3.63) is 71.4 Å². The van der Waals surface area contributed by atoms with Gasteiger partial charge >= 0.3 is 0 Å². The van der Waals surface area contributed by atoms with Gasteiger partial charge in [0.2, 0.25) is 0 Å². The molecule has 1 fully saturated rings. The maximum Gasteiger partial charge on any atom is 0.146 e. The Labute approximate surface area is 166 Å². The fourth-order valence-electron chi connectivity index (χ4n) is 3.92. The lowest BCUT2D eigenvalue weighted by Crippen LogP contribution is -2.32. The number of benzene rings is 2. The topological polar surface area (TPSA) is 45.6 Å². The number of phenolic OH excluding ortho intramolecular Hbond substituents is 1. The van der Waals surface area contributed by atoms with Crippen LogP contribution in [-0.2, 0) is 24.5 Å². The highest BCUT2D eigenvalue weighted by Crippen LogP contribution is 2.32. The first-order valence-electron chi connectivity index (χ1n) is 10.1. The van der Waals surface area contributed by atoms with E-state index in [0.29, 0.717) is 24.5 Å². The van der Waals surface area contributed by atoms with Gasteiger partial charge in [-0.2, -0.15) is 0 Å². The number of likely N-dealkylation sites (tertiary alicyclic amines) is 1. The molecule has 3 aromatic rings. The predicted molar refractivity (Wildman–Crippen MR) is 112 cm³/mol. The second-order valence-electron chi connectivity index (χ2n) is 7.88. The zero-order valence-corrected chi connectivity index (χ0v) is 16.5. The number of ether oxygens (including phenoxy) is 1. The smallest absolute Gasteiger partial charge is 0.146 e. The van der Waals surface area contributed by atoms with E-state index in [2.05, 4.69) is 35.0 Å².